The summed E-state index contributed by atoms with van der Waals surface area (Å²) in [6, 6.07) is 3.95. The van der Waals surface area contributed by atoms with Gasteiger partial charge in [0.1, 0.15) is 5.60 Å². The van der Waals surface area contributed by atoms with Crippen LogP contribution in [0.4, 0.5) is 0 Å². The molecular formula is C18H26N2O3. The largest absolute Gasteiger partial charge is 0.460 e. The van der Waals surface area contributed by atoms with Gasteiger partial charge < -0.3 is 9.64 Å². The predicted molar refractivity (Wildman–Crippen MR) is 87.6 cm³/mol. The third-order valence-corrected chi connectivity index (χ3v) is 3.86. The van der Waals surface area contributed by atoms with Gasteiger partial charge in [-0.2, -0.15) is 0 Å². The lowest BCUT2D eigenvalue weighted by atomic mass is 10.0. The minimum atomic E-state index is -0.513. The monoisotopic (exact) mass is 318 g/mol. The lowest BCUT2D eigenvalue weighted by Crippen LogP contribution is -2.32. The molecule has 1 amide bonds. The molecule has 0 radical (unpaired) electrons. The molecular weight excluding hydrogens is 292 g/mol. The van der Waals surface area contributed by atoms with Gasteiger partial charge in [0, 0.05) is 25.4 Å². The smallest absolute Gasteiger partial charge is 0.306 e. The van der Waals surface area contributed by atoms with Crippen molar-refractivity contribution in [1.29, 1.82) is 0 Å². The van der Waals surface area contributed by atoms with Gasteiger partial charge in [0.2, 0.25) is 5.91 Å². The zero-order valence-corrected chi connectivity index (χ0v) is 14.4. The molecule has 0 bridgehead atoms. The topological polar surface area (TPSA) is 59.5 Å². The Kier molecular flexibility index (Phi) is 5.39. The Morgan fingerprint density at radius 1 is 1.35 bits per heavy atom. The van der Waals surface area contributed by atoms with Crippen LogP contribution in [0, 0.1) is 5.92 Å². The Labute approximate surface area is 138 Å². The molecule has 0 aliphatic carbocycles. The van der Waals surface area contributed by atoms with E-state index in [2.05, 4.69) is 11.9 Å². The molecule has 0 unspecified atom stereocenters. The maximum absolute atomic E-state index is 12.5. The summed E-state index contributed by atoms with van der Waals surface area (Å²) in [4.78, 5) is 30.4. The molecule has 1 aromatic rings. The van der Waals surface area contributed by atoms with Crippen LogP contribution >= 0.6 is 0 Å². The average Bonchev–Trinajstić information content (AvgIpc) is 2.86. The number of carbonyl (C=O) groups is 2. The lowest BCUT2D eigenvalue weighted by Gasteiger charge is -2.25. The van der Waals surface area contributed by atoms with E-state index in [1.54, 1.807) is 6.20 Å². The molecule has 0 N–H and O–H groups in total. The Hall–Kier alpha value is -1.91. The van der Waals surface area contributed by atoms with Crippen LogP contribution < -0.4 is 0 Å². The van der Waals surface area contributed by atoms with Gasteiger partial charge in [0.25, 0.3) is 0 Å². The van der Waals surface area contributed by atoms with Crippen molar-refractivity contribution in [2.45, 2.75) is 58.6 Å². The van der Waals surface area contributed by atoms with Gasteiger partial charge in [-0.25, -0.2) is 0 Å². The van der Waals surface area contributed by atoms with Gasteiger partial charge in [-0.3, -0.25) is 14.6 Å². The van der Waals surface area contributed by atoms with Crippen LogP contribution in [0.2, 0.25) is 0 Å². The predicted octanol–water partition coefficient (Wildman–Crippen LogP) is 3.11. The summed E-state index contributed by atoms with van der Waals surface area (Å²) in [5, 5.41) is 0. The number of likely N-dealkylation sites (tertiary alicyclic amines) is 1. The van der Waals surface area contributed by atoms with Crippen molar-refractivity contribution in [1.82, 2.24) is 9.88 Å². The number of carbonyl (C=O) groups excluding carboxylic acids is 2. The molecule has 1 fully saturated rings. The summed E-state index contributed by atoms with van der Waals surface area (Å²) in [5.74, 6) is 0.135. The highest BCUT2D eigenvalue weighted by Gasteiger charge is 2.34. The van der Waals surface area contributed by atoms with E-state index < -0.39 is 5.60 Å². The second kappa shape index (κ2) is 7.11. The number of pyridine rings is 1. The average molecular weight is 318 g/mol. The molecule has 2 heterocycles. The quantitative estimate of drug-likeness (QED) is 0.800. The number of aromatic nitrogens is 1. The molecule has 0 spiro atoms. The molecule has 126 valence electrons. The lowest BCUT2D eigenvalue weighted by molar-refractivity contribution is -0.156. The first-order valence-electron chi connectivity index (χ1n) is 8.17. The van der Waals surface area contributed by atoms with Crippen molar-refractivity contribution in [3.8, 4) is 0 Å². The third kappa shape index (κ3) is 5.05. The summed E-state index contributed by atoms with van der Waals surface area (Å²) in [7, 11) is 0. The SMILES string of the molecule is C[C@@H]1C[C@@H](c2cccnc2)N(C(=O)CCC(=O)OC(C)(C)C)C1. The maximum atomic E-state index is 12.5. The Morgan fingerprint density at radius 3 is 2.70 bits per heavy atom. The Balaban J connectivity index is 1.96. The van der Waals surface area contributed by atoms with E-state index >= 15 is 0 Å². The summed E-state index contributed by atoms with van der Waals surface area (Å²) >= 11 is 0. The van der Waals surface area contributed by atoms with Gasteiger partial charge in [0.05, 0.1) is 12.5 Å². The maximum Gasteiger partial charge on any atom is 0.306 e. The van der Waals surface area contributed by atoms with Crippen molar-refractivity contribution < 1.29 is 14.3 Å². The molecule has 2 atom stereocenters. The first-order valence-corrected chi connectivity index (χ1v) is 8.17. The highest BCUT2D eigenvalue weighted by Crippen LogP contribution is 2.35. The van der Waals surface area contributed by atoms with Crippen LogP contribution in [-0.2, 0) is 14.3 Å². The molecule has 1 saturated heterocycles. The van der Waals surface area contributed by atoms with Gasteiger partial charge in [-0.1, -0.05) is 13.0 Å². The van der Waals surface area contributed by atoms with E-state index in [0.717, 1.165) is 18.5 Å². The van der Waals surface area contributed by atoms with E-state index in [1.807, 2.05) is 44.0 Å². The molecule has 1 aliphatic rings. The van der Waals surface area contributed by atoms with Crippen LogP contribution in [0.3, 0.4) is 0 Å². The molecule has 5 nitrogen and oxygen atoms in total. The van der Waals surface area contributed by atoms with Crippen molar-refractivity contribution >= 4 is 11.9 Å². The normalized spacial score (nSPS) is 21.3. The fourth-order valence-corrected chi connectivity index (χ4v) is 2.96. The molecule has 0 saturated carbocycles. The van der Waals surface area contributed by atoms with Crippen molar-refractivity contribution in [3.63, 3.8) is 0 Å². The first-order chi connectivity index (χ1) is 10.8. The minimum Gasteiger partial charge on any atom is -0.460 e. The second-order valence-electron chi connectivity index (χ2n) is 7.28. The number of hydrogen-bond acceptors (Lipinski definition) is 4. The molecule has 5 heteroatoms. The zero-order valence-electron chi connectivity index (χ0n) is 14.4. The van der Waals surface area contributed by atoms with E-state index in [1.165, 1.54) is 0 Å². The summed E-state index contributed by atoms with van der Waals surface area (Å²) in [6.07, 6.45) is 4.80. The van der Waals surface area contributed by atoms with Crippen LogP contribution in [-0.4, -0.2) is 33.9 Å². The third-order valence-electron chi connectivity index (χ3n) is 3.86. The van der Waals surface area contributed by atoms with Crippen molar-refractivity contribution in [3.05, 3.63) is 30.1 Å². The number of ether oxygens (including phenoxy) is 1. The van der Waals surface area contributed by atoms with E-state index in [0.29, 0.717) is 5.92 Å². The standard InChI is InChI=1S/C18H26N2O3/c1-13-10-15(14-6-5-9-19-11-14)20(12-13)16(21)7-8-17(22)23-18(2,3)4/h5-6,9,11,13,15H,7-8,10,12H2,1-4H3/t13-,15+/m1/s1. The zero-order chi connectivity index (χ0) is 17.0. The number of hydrogen-bond donors (Lipinski definition) is 0. The van der Waals surface area contributed by atoms with Crippen LogP contribution in [0.5, 0.6) is 0 Å². The Morgan fingerprint density at radius 2 is 2.09 bits per heavy atom. The van der Waals surface area contributed by atoms with Gasteiger partial charge in [0.15, 0.2) is 0 Å². The van der Waals surface area contributed by atoms with Gasteiger partial charge in [-0.05, 0) is 44.7 Å². The number of nitrogens with zero attached hydrogens (tertiary/aromatic N) is 2. The number of amides is 1. The molecule has 23 heavy (non-hydrogen) atoms. The molecule has 1 aromatic heterocycles. The number of esters is 1. The molecule has 0 aromatic carbocycles. The highest BCUT2D eigenvalue weighted by atomic mass is 16.6. The summed E-state index contributed by atoms with van der Waals surface area (Å²) < 4.78 is 5.26. The van der Waals surface area contributed by atoms with E-state index in [9.17, 15) is 9.59 Å². The minimum absolute atomic E-state index is 0.00839. The van der Waals surface area contributed by atoms with Crippen molar-refractivity contribution in [2.75, 3.05) is 6.54 Å². The summed E-state index contributed by atoms with van der Waals surface area (Å²) in [6.45, 7) is 8.35. The van der Waals surface area contributed by atoms with Crippen LogP contribution in [0.1, 0.15) is 58.6 Å². The Bertz CT molecular complexity index is 551. The first kappa shape index (κ1) is 17.4. The molecule has 1 aliphatic heterocycles. The van der Waals surface area contributed by atoms with Crippen molar-refractivity contribution in [2.24, 2.45) is 5.92 Å². The van der Waals surface area contributed by atoms with Gasteiger partial charge >= 0.3 is 5.97 Å². The number of rotatable bonds is 4. The fraction of sp³-hybridized carbons (Fsp3) is 0.611. The highest BCUT2D eigenvalue weighted by molar-refractivity contribution is 5.82. The van der Waals surface area contributed by atoms with E-state index in [4.69, 9.17) is 4.74 Å². The second-order valence-corrected chi connectivity index (χ2v) is 7.28. The van der Waals surface area contributed by atoms with Crippen LogP contribution in [0.15, 0.2) is 24.5 Å². The van der Waals surface area contributed by atoms with Crippen LogP contribution in [0.25, 0.3) is 0 Å². The summed E-state index contributed by atoms with van der Waals surface area (Å²) in [5.41, 5.74) is 0.544. The van der Waals surface area contributed by atoms with Gasteiger partial charge in [-0.15, -0.1) is 0 Å². The van der Waals surface area contributed by atoms with E-state index in [-0.39, 0.29) is 30.8 Å². The fourth-order valence-electron chi connectivity index (χ4n) is 2.96. The molecule has 2 rings (SSSR count).